The smallest absolute Gasteiger partial charge is 0.326 e. The lowest BCUT2D eigenvalue weighted by Gasteiger charge is -2.27. The summed E-state index contributed by atoms with van der Waals surface area (Å²) in [6.07, 6.45) is 1.09. The number of carboxylic acids is 1. The number of amides is 3. The molecule has 0 aromatic heterocycles. The fourth-order valence-corrected chi connectivity index (χ4v) is 1.30. The molecule has 0 saturated carbocycles. The molecule has 4 N–H and O–H groups in total. The van der Waals surface area contributed by atoms with Crippen LogP contribution in [0.1, 0.15) is 20.3 Å². The van der Waals surface area contributed by atoms with Crippen LogP contribution in [0.15, 0.2) is 12.7 Å². The van der Waals surface area contributed by atoms with E-state index in [1.54, 1.807) is 13.8 Å². The SMILES string of the molecule is C=CCN(C(=O)N[C@H](CC(N)=O)C(=O)O)C(C)C. The maximum Gasteiger partial charge on any atom is 0.326 e. The van der Waals surface area contributed by atoms with Gasteiger partial charge in [-0.05, 0) is 13.8 Å². The average molecular weight is 257 g/mol. The highest BCUT2D eigenvalue weighted by Gasteiger charge is 2.25. The lowest BCUT2D eigenvalue weighted by Crippen LogP contribution is -2.51. The summed E-state index contributed by atoms with van der Waals surface area (Å²) in [7, 11) is 0. The fourth-order valence-electron chi connectivity index (χ4n) is 1.30. The van der Waals surface area contributed by atoms with Gasteiger partial charge in [0.05, 0.1) is 6.42 Å². The zero-order chi connectivity index (χ0) is 14.3. The molecule has 7 heteroatoms. The lowest BCUT2D eigenvalue weighted by molar-refractivity contribution is -0.141. The molecular weight excluding hydrogens is 238 g/mol. The third kappa shape index (κ3) is 5.33. The zero-order valence-corrected chi connectivity index (χ0v) is 10.5. The van der Waals surface area contributed by atoms with Crippen LogP contribution in [-0.2, 0) is 9.59 Å². The van der Waals surface area contributed by atoms with Gasteiger partial charge in [-0.15, -0.1) is 6.58 Å². The van der Waals surface area contributed by atoms with Crippen molar-refractivity contribution < 1.29 is 19.5 Å². The highest BCUT2D eigenvalue weighted by molar-refractivity contribution is 5.87. The van der Waals surface area contributed by atoms with E-state index in [0.29, 0.717) is 0 Å². The lowest BCUT2D eigenvalue weighted by atomic mass is 10.2. The number of urea groups is 1. The molecule has 0 saturated heterocycles. The first-order valence-electron chi connectivity index (χ1n) is 5.48. The van der Waals surface area contributed by atoms with Crippen LogP contribution in [0.25, 0.3) is 0 Å². The van der Waals surface area contributed by atoms with E-state index in [2.05, 4.69) is 11.9 Å². The Morgan fingerprint density at radius 2 is 2.00 bits per heavy atom. The molecule has 0 spiro atoms. The second-order valence-electron chi connectivity index (χ2n) is 4.05. The van der Waals surface area contributed by atoms with Gasteiger partial charge in [0.25, 0.3) is 0 Å². The van der Waals surface area contributed by atoms with Gasteiger partial charge in [0.15, 0.2) is 0 Å². The monoisotopic (exact) mass is 257 g/mol. The number of rotatable bonds is 7. The molecule has 0 aliphatic heterocycles. The van der Waals surface area contributed by atoms with Crippen molar-refractivity contribution in [1.82, 2.24) is 10.2 Å². The zero-order valence-electron chi connectivity index (χ0n) is 10.5. The quantitative estimate of drug-likeness (QED) is 0.553. The molecule has 0 aliphatic rings. The van der Waals surface area contributed by atoms with Gasteiger partial charge in [0, 0.05) is 12.6 Å². The predicted octanol–water partition coefficient (Wildman–Crippen LogP) is -0.0790. The Kier molecular flexibility index (Phi) is 6.48. The van der Waals surface area contributed by atoms with Gasteiger partial charge in [0.2, 0.25) is 5.91 Å². The molecule has 102 valence electrons. The highest BCUT2D eigenvalue weighted by Crippen LogP contribution is 2.01. The van der Waals surface area contributed by atoms with E-state index in [1.165, 1.54) is 11.0 Å². The third-order valence-corrected chi connectivity index (χ3v) is 2.21. The summed E-state index contributed by atoms with van der Waals surface area (Å²) in [4.78, 5) is 34.8. The molecule has 0 radical (unpaired) electrons. The summed E-state index contributed by atoms with van der Waals surface area (Å²) in [5.41, 5.74) is 4.92. The molecular formula is C11H19N3O4. The van der Waals surface area contributed by atoms with Crippen LogP contribution in [0.2, 0.25) is 0 Å². The third-order valence-electron chi connectivity index (χ3n) is 2.21. The van der Waals surface area contributed by atoms with E-state index in [9.17, 15) is 14.4 Å². The Labute approximate surface area is 106 Å². The van der Waals surface area contributed by atoms with Crippen molar-refractivity contribution in [3.63, 3.8) is 0 Å². The Balaban J connectivity index is 4.70. The molecule has 0 heterocycles. The number of nitrogens with one attached hydrogen (secondary N) is 1. The largest absolute Gasteiger partial charge is 0.480 e. The fraction of sp³-hybridized carbons (Fsp3) is 0.545. The summed E-state index contributed by atoms with van der Waals surface area (Å²) in [5, 5.41) is 11.1. The first-order chi connectivity index (χ1) is 8.29. The van der Waals surface area contributed by atoms with Gasteiger partial charge >= 0.3 is 12.0 Å². The summed E-state index contributed by atoms with van der Waals surface area (Å²) in [6.45, 7) is 7.37. The molecule has 18 heavy (non-hydrogen) atoms. The Bertz CT molecular complexity index is 341. The molecule has 7 nitrogen and oxygen atoms in total. The van der Waals surface area contributed by atoms with Crippen molar-refractivity contribution in [3.8, 4) is 0 Å². The maximum absolute atomic E-state index is 11.8. The molecule has 0 aromatic carbocycles. The number of carbonyl (C=O) groups is 3. The first kappa shape index (κ1) is 16.0. The number of primary amides is 1. The van der Waals surface area contributed by atoms with E-state index in [1.807, 2.05) is 0 Å². The van der Waals surface area contributed by atoms with Crippen molar-refractivity contribution in [3.05, 3.63) is 12.7 Å². The maximum atomic E-state index is 11.8. The van der Waals surface area contributed by atoms with Crippen molar-refractivity contribution in [2.24, 2.45) is 5.73 Å². The predicted molar refractivity (Wildman–Crippen MR) is 65.8 cm³/mol. The van der Waals surface area contributed by atoms with Crippen LogP contribution in [0, 0.1) is 0 Å². The normalized spacial score (nSPS) is 11.7. The van der Waals surface area contributed by atoms with Crippen LogP contribution in [0.5, 0.6) is 0 Å². The van der Waals surface area contributed by atoms with Crippen LogP contribution in [0.3, 0.4) is 0 Å². The first-order valence-corrected chi connectivity index (χ1v) is 5.48. The van der Waals surface area contributed by atoms with Crippen molar-refractivity contribution in [2.45, 2.75) is 32.4 Å². The summed E-state index contributed by atoms with van der Waals surface area (Å²) in [5.74, 6) is -2.09. The Morgan fingerprint density at radius 1 is 1.44 bits per heavy atom. The number of carbonyl (C=O) groups excluding carboxylic acids is 2. The van der Waals surface area contributed by atoms with Gasteiger partial charge in [-0.25, -0.2) is 9.59 Å². The van der Waals surface area contributed by atoms with Gasteiger partial charge < -0.3 is 21.1 Å². The molecule has 0 aromatic rings. The van der Waals surface area contributed by atoms with Gasteiger partial charge in [-0.1, -0.05) is 6.08 Å². The summed E-state index contributed by atoms with van der Waals surface area (Å²) < 4.78 is 0. The van der Waals surface area contributed by atoms with E-state index in [0.717, 1.165) is 0 Å². The minimum Gasteiger partial charge on any atom is -0.480 e. The molecule has 0 unspecified atom stereocenters. The van der Waals surface area contributed by atoms with Gasteiger partial charge in [-0.3, -0.25) is 4.79 Å². The Hall–Kier alpha value is -2.05. The summed E-state index contributed by atoms with van der Waals surface area (Å²) >= 11 is 0. The standard InChI is InChI=1S/C11H19N3O4/c1-4-5-14(7(2)3)11(18)13-8(10(16)17)6-9(12)15/h4,7-8H,1,5-6H2,2-3H3,(H2,12,15)(H,13,18)(H,16,17)/t8-/m1/s1. The van der Waals surface area contributed by atoms with E-state index >= 15 is 0 Å². The minimum absolute atomic E-state index is 0.119. The molecule has 0 aliphatic carbocycles. The van der Waals surface area contributed by atoms with Gasteiger partial charge in [0.1, 0.15) is 6.04 Å². The van der Waals surface area contributed by atoms with E-state index < -0.39 is 30.4 Å². The number of hydrogen-bond donors (Lipinski definition) is 3. The number of nitrogens with zero attached hydrogens (tertiary/aromatic N) is 1. The molecule has 0 rings (SSSR count). The van der Waals surface area contributed by atoms with E-state index in [4.69, 9.17) is 10.8 Å². The molecule has 0 bridgehead atoms. The van der Waals surface area contributed by atoms with Crippen LogP contribution in [0.4, 0.5) is 4.79 Å². The summed E-state index contributed by atoms with van der Waals surface area (Å²) in [6, 6.07) is -2.01. The van der Waals surface area contributed by atoms with Gasteiger partial charge in [-0.2, -0.15) is 0 Å². The number of carboxylic acid groups (broad SMARTS) is 1. The minimum atomic E-state index is -1.32. The van der Waals surface area contributed by atoms with E-state index in [-0.39, 0.29) is 12.6 Å². The van der Waals surface area contributed by atoms with Crippen LogP contribution >= 0.6 is 0 Å². The van der Waals surface area contributed by atoms with Crippen LogP contribution in [-0.4, -0.2) is 46.5 Å². The van der Waals surface area contributed by atoms with Crippen molar-refractivity contribution in [1.29, 1.82) is 0 Å². The van der Waals surface area contributed by atoms with Crippen LogP contribution < -0.4 is 11.1 Å². The number of nitrogens with two attached hydrogens (primary N) is 1. The number of hydrogen-bond acceptors (Lipinski definition) is 3. The molecule has 1 atom stereocenters. The number of aliphatic carboxylic acids is 1. The second-order valence-corrected chi connectivity index (χ2v) is 4.05. The van der Waals surface area contributed by atoms with Crippen molar-refractivity contribution in [2.75, 3.05) is 6.54 Å². The average Bonchev–Trinajstić information content (AvgIpc) is 2.23. The highest BCUT2D eigenvalue weighted by atomic mass is 16.4. The second kappa shape index (κ2) is 7.31. The topological polar surface area (TPSA) is 113 Å². The van der Waals surface area contributed by atoms with Crippen molar-refractivity contribution >= 4 is 17.9 Å². The molecule has 3 amide bonds. The molecule has 0 fully saturated rings. The Morgan fingerprint density at radius 3 is 2.33 bits per heavy atom.